The Balaban J connectivity index is 1.39. The number of rotatable bonds is 6. The number of piperidine rings is 1. The molecular weight excluding hydrogens is 594 g/mol. The minimum absolute atomic E-state index is 0.106. The zero-order valence-corrected chi connectivity index (χ0v) is 24.8. The summed E-state index contributed by atoms with van der Waals surface area (Å²) in [6, 6.07) is 3.85. The SMILES string of the molecule is CCOc1cc(C(=O)Nc2cc(C(F)(F)F)ccn2)c(F)cc1-c1nc([C@@H]2CC[C@H]3CC(C)(C)C(=O)N3C2)n2ccnc(N)c12. The predicted octanol–water partition coefficient (Wildman–Crippen LogP) is 5.69. The van der Waals surface area contributed by atoms with Crippen molar-refractivity contribution in [3.05, 3.63) is 65.6 Å². The Morgan fingerprint density at radius 2 is 1.96 bits per heavy atom. The summed E-state index contributed by atoms with van der Waals surface area (Å²) in [6.45, 7) is 6.25. The largest absolute Gasteiger partial charge is 0.493 e. The van der Waals surface area contributed by atoms with Crippen LogP contribution in [0.2, 0.25) is 0 Å². The van der Waals surface area contributed by atoms with E-state index in [0.29, 0.717) is 24.0 Å². The first kappa shape index (κ1) is 30.3. The highest BCUT2D eigenvalue weighted by Gasteiger charge is 2.48. The molecule has 3 aromatic heterocycles. The fourth-order valence-electron chi connectivity index (χ4n) is 6.37. The number of hydrogen-bond acceptors (Lipinski definition) is 7. The molecule has 0 aliphatic carbocycles. The maximum Gasteiger partial charge on any atom is 0.416 e. The van der Waals surface area contributed by atoms with Crippen LogP contribution in [0.5, 0.6) is 5.75 Å². The van der Waals surface area contributed by atoms with Crippen molar-refractivity contribution in [2.45, 2.75) is 58.2 Å². The Kier molecular flexibility index (Phi) is 7.40. The van der Waals surface area contributed by atoms with Crippen LogP contribution in [0.1, 0.15) is 67.7 Å². The van der Waals surface area contributed by atoms with Crippen LogP contribution >= 0.6 is 0 Å². The molecule has 3 N–H and O–H groups in total. The lowest BCUT2D eigenvalue weighted by atomic mass is 9.87. The minimum Gasteiger partial charge on any atom is -0.493 e. The first-order chi connectivity index (χ1) is 21.3. The summed E-state index contributed by atoms with van der Waals surface area (Å²) in [5.41, 5.74) is 5.31. The average molecular weight is 626 g/mol. The second-order valence-electron chi connectivity index (χ2n) is 12.0. The number of ether oxygens (including phenoxy) is 1. The number of nitrogens with zero attached hydrogens (tertiary/aromatic N) is 5. The van der Waals surface area contributed by atoms with E-state index in [1.165, 1.54) is 12.3 Å². The van der Waals surface area contributed by atoms with Gasteiger partial charge in [-0.15, -0.1) is 0 Å². The van der Waals surface area contributed by atoms with Crippen molar-refractivity contribution in [3.63, 3.8) is 0 Å². The molecule has 6 rings (SSSR count). The first-order valence-electron chi connectivity index (χ1n) is 14.5. The van der Waals surface area contributed by atoms with Crippen molar-refractivity contribution in [1.82, 2.24) is 24.3 Å². The third-order valence-electron chi connectivity index (χ3n) is 8.47. The molecule has 0 bridgehead atoms. The van der Waals surface area contributed by atoms with Gasteiger partial charge in [0.2, 0.25) is 5.91 Å². The third kappa shape index (κ3) is 5.42. The Bertz CT molecular complexity index is 1820. The Labute approximate surface area is 255 Å². The van der Waals surface area contributed by atoms with Gasteiger partial charge in [-0.25, -0.2) is 19.3 Å². The number of fused-ring (bicyclic) bond motifs is 2. The number of nitrogens with two attached hydrogens (primary N) is 1. The molecule has 2 saturated heterocycles. The number of anilines is 2. The molecule has 236 valence electrons. The molecule has 2 amide bonds. The number of imidazole rings is 1. The highest BCUT2D eigenvalue weighted by molar-refractivity contribution is 6.05. The molecule has 0 unspecified atom stereocenters. The van der Waals surface area contributed by atoms with Crippen molar-refractivity contribution in [1.29, 1.82) is 0 Å². The topological polar surface area (TPSA) is 128 Å². The van der Waals surface area contributed by atoms with Gasteiger partial charge in [0.1, 0.15) is 40.2 Å². The van der Waals surface area contributed by atoms with Gasteiger partial charge in [-0.1, -0.05) is 13.8 Å². The Morgan fingerprint density at radius 3 is 2.69 bits per heavy atom. The molecule has 0 spiro atoms. The Morgan fingerprint density at radius 1 is 1.18 bits per heavy atom. The van der Waals surface area contributed by atoms with E-state index >= 15 is 4.39 Å². The number of nitrogens with one attached hydrogen (secondary N) is 1. The average Bonchev–Trinajstić information content (AvgIpc) is 3.48. The number of amides is 2. The second-order valence-corrected chi connectivity index (χ2v) is 12.0. The standard InChI is InChI=1S/C31H31F4N7O3/c1-4-45-22-13-19(28(43)39-23-11-17(7-8-37-23)31(33,34)35)21(32)12-20(22)24-25-26(36)38-9-10-41(25)27(40-24)16-5-6-18-14-30(2,3)29(44)42(18)15-16/h7-13,16,18H,4-6,14-15H2,1-3H3,(H2,36,38)(H,37,39,43)/t16-,18+/m1/s1. The summed E-state index contributed by atoms with van der Waals surface area (Å²) in [5, 5.41) is 2.23. The van der Waals surface area contributed by atoms with Crippen molar-refractivity contribution in [3.8, 4) is 17.0 Å². The van der Waals surface area contributed by atoms with E-state index in [1.807, 2.05) is 18.7 Å². The lowest BCUT2D eigenvalue weighted by Gasteiger charge is -2.34. The summed E-state index contributed by atoms with van der Waals surface area (Å²) in [6.07, 6.45) is 1.88. The van der Waals surface area contributed by atoms with E-state index in [1.54, 1.807) is 17.5 Å². The zero-order valence-electron chi connectivity index (χ0n) is 24.8. The molecule has 10 nitrogen and oxygen atoms in total. The lowest BCUT2D eigenvalue weighted by Crippen LogP contribution is -2.42. The van der Waals surface area contributed by atoms with E-state index in [4.69, 9.17) is 15.5 Å². The molecule has 5 heterocycles. The number of halogens is 4. The minimum atomic E-state index is -4.65. The van der Waals surface area contributed by atoms with Crippen molar-refractivity contribution < 1.29 is 31.9 Å². The van der Waals surface area contributed by atoms with Crippen LogP contribution < -0.4 is 15.8 Å². The smallest absolute Gasteiger partial charge is 0.416 e. The molecule has 1 aromatic carbocycles. The summed E-state index contributed by atoms with van der Waals surface area (Å²) in [4.78, 5) is 41.0. The van der Waals surface area contributed by atoms with Gasteiger partial charge in [-0.2, -0.15) is 13.2 Å². The van der Waals surface area contributed by atoms with Crippen LogP contribution in [0, 0.1) is 11.2 Å². The molecule has 2 aliphatic rings. The number of carbonyl (C=O) groups is 2. The van der Waals surface area contributed by atoms with Crippen LogP contribution in [0.3, 0.4) is 0 Å². The number of carbonyl (C=O) groups excluding carboxylic acids is 2. The van der Waals surface area contributed by atoms with Crippen LogP contribution in [-0.4, -0.2) is 55.3 Å². The number of hydrogen-bond donors (Lipinski definition) is 2. The molecule has 2 aliphatic heterocycles. The number of pyridine rings is 1. The maximum absolute atomic E-state index is 15.7. The summed E-state index contributed by atoms with van der Waals surface area (Å²) < 4.78 is 62.7. The number of nitrogen functional groups attached to an aromatic ring is 1. The summed E-state index contributed by atoms with van der Waals surface area (Å²) >= 11 is 0. The molecular formula is C31H31F4N7O3. The highest BCUT2D eigenvalue weighted by Crippen LogP contribution is 2.44. The van der Waals surface area contributed by atoms with E-state index in [9.17, 15) is 22.8 Å². The lowest BCUT2D eigenvalue weighted by molar-refractivity contribution is -0.138. The van der Waals surface area contributed by atoms with Gasteiger partial charge in [0, 0.05) is 48.1 Å². The van der Waals surface area contributed by atoms with Gasteiger partial charge >= 0.3 is 6.18 Å². The van der Waals surface area contributed by atoms with Gasteiger partial charge < -0.3 is 20.7 Å². The fraction of sp³-hybridized carbons (Fsp3) is 0.387. The van der Waals surface area contributed by atoms with Crippen molar-refractivity contribution in [2.75, 3.05) is 24.2 Å². The summed E-state index contributed by atoms with van der Waals surface area (Å²) in [7, 11) is 0. The molecule has 0 radical (unpaired) electrons. The predicted molar refractivity (Wildman–Crippen MR) is 157 cm³/mol. The maximum atomic E-state index is 15.7. The quantitative estimate of drug-likeness (QED) is 0.264. The normalized spacial score (nSPS) is 19.5. The highest BCUT2D eigenvalue weighted by atomic mass is 19.4. The molecule has 2 atom stereocenters. The van der Waals surface area contributed by atoms with Crippen molar-refractivity contribution in [2.24, 2.45) is 5.41 Å². The van der Waals surface area contributed by atoms with E-state index in [0.717, 1.165) is 37.6 Å². The van der Waals surface area contributed by atoms with Crippen LogP contribution in [0.15, 0.2) is 42.9 Å². The molecule has 4 aromatic rings. The van der Waals surface area contributed by atoms with Gasteiger partial charge in [0.25, 0.3) is 5.91 Å². The van der Waals surface area contributed by atoms with Gasteiger partial charge in [0.05, 0.1) is 17.7 Å². The summed E-state index contributed by atoms with van der Waals surface area (Å²) in [5.74, 6) is -1.52. The van der Waals surface area contributed by atoms with Crippen molar-refractivity contribution >= 4 is 29.0 Å². The molecule has 2 fully saturated rings. The third-order valence-corrected chi connectivity index (χ3v) is 8.47. The fourth-order valence-corrected chi connectivity index (χ4v) is 6.37. The van der Waals surface area contributed by atoms with Crippen LogP contribution in [0.4, 0.5) is 29.2 Å². The van der Waals surface area contributed by atoms with E-state index in [-0.39, 0.29) is 47.3 Å². The monoisotopic (exact) mass is 625 g/mol. The molecule has 0 saturated carbocycles. The molecule has 14 heteroatoms. The number of aromatic nitrogens is 4. The van der Waals surface area contributed by atoms with Crippen LogP contribution in [-0.2, 0) is 11.0 Å². The number of alkyl halides is 3. The molecule has 45 heavy (non-hydrogen) atoms. The van der Waals surface area contributed by atoms with Gasteiger partial charge in [-0.3, -0.25) is 14.0 Å². The van der Waals surface area contributed by atoms with E-state index < -0.39 is 40.3 Å². The van der Waals surface area contributed by atoms with E-state index in [2.05, 4.69) is 15.3 Å². The zero-order chi connectivity index (χ0) is 32.3. The van der Waals surface area contributed by atoms with Gasteiger partial charge in [0.15, 0.2) is 0 Å². The Hall–Kier alpha value is -4.75. The van der Waals surface area contributed by atoms with Gasteiger partial charge in [-0.05, 0) is 50.5 Å². The van der Waals surface area contributed by atoms with Crippen LogP contribution in [0.25, 0.3) is 16.8 Å². The first-order valence-corrected chi connectivity index (χ1v) is 14.5. The second kappa shape index (κ2) is 11.0. The number of benzene rings is 1.